The number of hydrogen-bond acceptors (Lipinski definition) is 10. The van der Waals surface area contributed by atoms with E-state index in [1.807, 2.05) is 0 Å². The first-order chi connectivity index (χ1) is 18.3. The Balaban J connectivity index is 0.000000226. The Hall–Kier alpha value is -0.290. The minimum atomic E-state index is -4.19. The number of fused-ring (bicyclic) bond motifs is 2. The lowest BCUT2D eigenvalue weighted by Gasteiger charge is -2.32. The average molecular weight is 796 g/mol. The lowest BCUT2D eigenvalue weighted by Crippen LogP contribution is -2.52. The monoisotopic (exact) mass is 792 g/mol. The molecule has 0 saturated carbocycles. The normalized spacial score (nSPS) is 21.4. The Kier molecular flexibility index (Phi) is 10.2. The van der Waals surface area contributed by atoms with Crippen molar-refractivity contribution in [3.63, 3.8) is 0 Å². The van der Waals surface area contributed by atoms with Gasteiger partial charge in [-0.05, 0) is 24.3 Å². The van der Waals surface area contributed by atoms with Crippen LogP contribution in [-0.4, -0.2) is 54.6 Å². The van der Waals surface area contributed by atoms with E-state index in [0.717, 1.165) is 24.3 Å². The summed E-state index contributed by atoms with van der Waals surface area (Å²) in [5.74, 6) is 0. The molecule has 2 aliphatic heterocycles. The predicted octanol–water partition coefficient (Wildman–Crippen LogP) is 2.21. The second-order valence-electron chi connectivity index (χ2n) is 7.97. The van der Waals surface area contributed by atoms with Crippen LogP contribution < -0.4 is 30.4 Å². The molecule has 0 aliphatic carbocycles. The van der Waals surface area contributed by atoms with E-state index < -0.39 is 70.8 Å². The molecule has 2 aromatic rings. The SMILES string of the molecule is NS(=O)(=O)c1cc2c(cc1Cl)NC(C(Cl)(Cl)Cl)NS2(=O)=O.NS(=O)(=O)c1cc2c(cc1Cl)NC(C(Cl)Cl)NS2(=O)=O. The smallest absolute Gasteiger partial charge is 0.244 e. The van der Waals surface area contributed by atoms with Gasteiger partial charge in [0, 0.05) is 0 Å². The Labute approximate surface area is 269 Å². The molecule has 0 spiro atoms. The molecule has 0 saturated heterocycles. The zero-order chi connectivity index (χ0) is 31.5. The van der Waals surface area contributed by atoms with Crippen LogP contribution in [0.15, 0.2) is 43.8 Å². The summed E-state index contributed by atoms with van der Waals surface area (Å²) in [6, 6.07) is 3.92. The van der Waals surface area contributed by atoms with Crippen LogP contribution >= 0.6 is 81.2 Å². The van der Waals surface area contributed by atoms with Gasteiger partial charge in [0.1, 0.15) is 36.7 Å². The summed E-state index contributed by atoms with van der Waals surface area (Å²) in [6.07, 6.45) is -2.22. The van der Waals surface area contributed by atoms with E-state index in [1.54, 1.807) is 0 Å². The van der Waals surface area contributed by atoms with Gasteiger partial charge >= 0.3 is 0 Å². The van der Waals surface area contributed by atoms with Crippen LogP contribution in [-0.2, 0) is 40.1 Å². The second-order valence-corrected chi connectivity index (χ2v) is 18.7. The van der Waals surface area contributed by atoms with Crippen molar-refractivity contribution in [1.29, 1.82) is 0 Å². The molecule has 0 radical (unpaired) electrons. The van der Waals surface area contributed by atoms with Crippen LogP contribution in [0.2, 0.25) is 10.0 Å². The summed E-state index contributed by atoms with van der Waals surface area (Å²) in [5.41, 5.74) is 0.0694. The number of nitrogens with two attached hydrogens (primary N) is 2. The molecule has 230 valence electrons. The van der Waals surface area contributed by atoms with Crippen molar-refractivity contribution >= 4 is 133 Å². The maximum Gasteiger partial charge on any atom is 0.244 e. The van der Waals surface area contributed by atoms with Gasteiger partial charge in [-0.1, -0.05) is 58.0 Å². The average Bonchev–Trinajstić information content (AvgIpc) is 2.75. The van der Waals surface area contributed by atoms with Gasteiger partial charge in [-0.25, -0.2) is 43.9 Å². The number of nitrogens with one attached hydrogen (secondary N) is 4. The van der Waals surface area contributed by atoms with Crippen LogP contribution in [0.25, 0.3) is 0 Å². The molecule has 0 bridgehead atoms. The van der Waals surface area contributed by atoms with Gasteiger partial charge in [0.05, 0.1) is 21.4 Å². The van der Waals surface area contributed by atoms with Crippen molar-refractivity contribution in [3.8, 4) is 0 Å². The maximum absolute atomic E-state index is 12.1. The summed E-state index contributed by atoms with van der Waals surface area (Å²) < 4.78 is 96.0. The third-order valence-corrected chi connectivity index (χ3v) is 11.9. The number of rotatable bonds is 3. The summed E-state index contributed by atoms with van der Waals surface area (Å²) in [7, 11) is -16.5. The fourth-order valence-electron chi connectivity index (χ4n) is 3.27. The highest BCUT2D eigenvalue weighted by Crippen LogP contribution is 2.39. The topological polar surface area (TPSA) is 237 Å². The Morgan fingerprint density at radius 3 is 1.49 bits per heavy atom. The number of primary sulfonamides is 2. The van der Waals surface area contributed by atoms with Crippen molar-refractivity contribution in [3.05, 3.63) is 34.3 Å². The van der Waals surface area contributed by atoms with Crippen LogP contribution in [0.3, 0.4) is 0 Å². The van der Waals surface area contributed by atoms with Crippen molar-refractivity contribution in [2.45, 2.75) is 40.5 Å². The van der Waals surface area contributed by atoms with E-state index in [-0.39, 0.29) is 31.2 Å². The van der Waals surface area contributed by atoms with E-state index in [0.29, 0.717) is 0 Å². The fraction of sp³-hybridized carbons (Fsp3) is 0.250. The minimum Gasteiger partial charge on any atom is -0.366 e. The molecule has 25 heteroatoms. The molecule has 0 aromatic heterocycles. The number of sulfonamides is 4. The zero-order valence-corrected chi connectivity index (χ0v) is 27.8. The largest absolute Gasteiger partial charge is 0.366 e. The minimum absolute atomic E-state index is 0.0116. The van der Waals surface area contributed by atoms with E-state index >= 15 is 0 Å². The zero-order valence-electron chi connectivity index (χ0n) is 19.2. The molecular formula is C16H15Cl7N6O8S4. The molecule has 2 aliphatic rings. The van der Waals surface area contributed by atoms with Crippen molar-refractivity contribution in [2.24, 2.45) is 10.3 Å². The second kappa shape index (κ2) is 11.9. The van der Waals surface area contributed by atoms with E-state index in [2.05, 4.69) is 20.1 Å². The Bertz CT molecular complexity index is 1840. The molecule has 4 rings (SSSR count). The first kappa shape index (κ1) is 35.2. The molecule has 2 heterocycles. The van der Waals surface area contributed by atoms with Crippen LogP contribution in [0.1, 0.15) is 0 Å². The highest BCUT2D eigenvalue weighted by atomic mass is 35.6. The van der Waals surface area contributed by atoms with Gasteiger partial charge in [-0.15, -0.1) is 23.2 Å². The van der Waals surface area contributed by atoms with Crippen LogP contribution in [0.5, 0.6) is 0 Å². The standard InChI is InChI=1S/C8H7Cl4N3O4S2.C8H8Cl3N3O4S2/c9-3-1-4-6(2-5(3)20(13,16)17)21(18,19)15-7(14-4)8(10,11)12;9-3-1-4-6(2-5(3)19(12,15)16)20(17,18)14-8(13-4)7(10)11/h1-2,7,14-15H,(H2,13,16,17);1-2,7-8,13-14H,(H2,12,15,16). The van der Waals surface area contributed by atoms with Crippen molar-refractivity contribution in [1.82, 2.24) is 9.44 Å². The molecule has 41 heavy (non-hydrogen) atoms. The summed E-state index contributed by atoms with van der Waals surface area (Å²) in [6.45, 7) is 0. The maximum atomic E-state index is 12.1. The molecule has 0 amide bonds. The van der Waals surface area contributed by atoms with Gasteiger partial charge in [0.2, 0.25) is 43.9 Å². The van der Waals surface area contributed by atoms with E-state index in [4.69, 9.17) is 91.5 Å². The number of hydrogen-bond donors (Lipinski definition) is 6. The molecular weight excluding hydrogens is 781 g/mol. The van der Waals surface area contributed by atoms with Gasteiger partial charge in [0.15, 0.2) is 0 Å². The molecule has 14 nitrogen and oxygen atoms in total. The van der Waals surface area contributed by atoms with Gasteiger partial charge in [-0.2, -0.15) is 9.44 Å². The number of alkyl halides is 5. The van der Waals surface area contributed by atoms with Crippen molar-refractivity contribution < 1.29 is 33.7 Å². The molecule has 2 aromatic carbocycles. The Morgan fingerprint density at radius 2 is 1.12 bits per heavy atom. The number of anilines is 2. The number of benzene rings is 2. The number of halogens is 7. The Morgan fingerprint density at radius 1 is 0.732 bits per heavy atom. The third kappa shape index (κ3) is 8.06. The lowest BCUT2D eigenvalue weighted by molar-refractivity contribution is 0.557. The summed E-state index contributed by atoms with van der Waals surface area (Å²) in [5, 5.41) is 14.8. The van der Waals surface area contributed by atoms with Crippen molar-refractivity contribution in [2.75, 3.05) is 10.6 Å². The third-order valence-electron chi connectivity index (χ3n) is 5.01. The van der Waals surface area contributed by atoms with E-state index in [1.165, 1.54) is 0 Å². The van der Waals surface area contributed by atoms with Crippen LogP contribution in [0, 0.1) is 0 Å². The molecule has 2 unspecified atom stereocenters. The summed E-state index contributed by atoms with van der Waals surface area (Å²) >= 11 is 39.7. The lowest BCUT2D eigenvalue weighted by atomic mass is 10.3. The molecule has 0 fully saturated rings. The highest BCUT2D eigenvalue weighted by Gasteiger charge is 2.41. The quantitative estimate of drug-likeness (QED) is 0.248. The van der Waals surface area contributed by atoms with E-state index in [9.17, 15) is 33.7 Å². The fourth-order valence-corrected chi connectivity index (χ4v) is 9.23. The first-order valence-electron chi connectivity index (χ1n) is 10.00. The van der Waals surface area contributed by atoms with Gasteiger partial charge in [0.25, 0.3) is 0 Å². The first-order valence-corrected chi connectivity index (χ1v) is 18.8. The van der Waals surface area contributed by atoms with Gasteiger partial charge < -0.3 is 10.6 Å². The van der Waals surface area contributed by atoms with Gasteiger partial charge in [-0.3, -0.25) is 0 Å². The molecule has 2 atom stereocenters. The summed E-state index contributed by atoms with van der Waals surface area (Å²) in [4.78, 5) is -2.76. The predicted molar refractivity (Wildman–Crippen MR) is 157 cm³/mol. The molecule has 8 N–H and O–H groups in total. The van der Waals surface area contributed by atoms with Crippen LogP contribution in [0.4, 0.5) is 11.4 Å². The highest BCUT2D eigenvalue weighted by molar-refractivity contribution is 7.91.